The molecule has 160 valence electrons. The molecule has 1 atom stereocenters. The van der Waals surface area contributed by atoms with E-state index in [0.29, 0.717) is 44.5 Å². The van der Waals surface area contributed by atoms with Crippen molar-refractivity contribution in [1.29, 1.82) is 0 Å². The molecule has 0 bridgehead atoms. The van der Waals surface area contributed by atoms with Crippen LogP contribution in [0.3, 0.4) is 0 Å². The highest BCUT2D eigenvalue weighted by molar-refractivity contribution is 7.89. The summed E-state index contributed by atoms with van der Waals surface area (Å²) in [6, 6.07) is 3.97. The topological polar surface area (TPSA) is 95.6 Å². The first-order valence-corrected chi connectivity index (χ1v) is 12.0. The lowest BCUT2D eigenvalue weighted by molar-refractivity contribution is -0.134. The third kappa shape index (κ3) is 5.57. The number of nitrogens with zero attached hydrogens (tertiary/aromatic N) is 1. The normalized spacial score (nSPS) is 18.7. The summed E-state index contributed by atoms with van der Waals surface area (Å²) in [5.74, 6) is -0.00990. The van der Waals surface area contributed by atoms with Gasteiger partial charge in [-0.05, 0) is 68.2 Å². The number of likely N-dealkylation sites (tertiary alicyclic amines) is 1. The predicted octanol–water partition coefficient (Wildman–Crippen LogP) is 2.67. The zero-order valence-electron chi connectivity index (χ0n) is 17.2. The fourth-order valence-corrected chi connectivity index (χ4v) is 5.23. The van der Waals surface area contributed by atoms with E-state index in [1.807, 2.05) is 13.8 Å². The molecule has 2 heterocycles. The van der Waals surface area contributed by atoms with Crippen LogP contribution in [0.25, 0.3) is 0 Å². The minimum absolute atomic E-state index is 0.0541. The maximum absolute atomic E-state index is 13.1. The number of benzene rings is 1. The molecule has 2 amide bonds. The molecular weight excluding hydrogens is 390 g/mol. The van der Waals surface area contributed by atoms with Crippen LogP contribution in [-0.4, -0.2) is 44.3 Å². The molecule has 29 heavy (non-hydrogen) atoms. The van der Waals surface area contributed by atoms with Crippen molar-refractivity contribution < 1.29 is 18.0 Å². The smallest absolute Gasteiger partial charge is 0.241 e. The van der Waals surface area contributed by atoms with E-state index in [1.54, 1.807) is 17.0 Å². The maximum atomic E-state index is 13.1. The van der Waals surface area contributed by atoms with Crippen LogP contribution < -0.4 is 10.0 Å². The van der Waals surface area contributed by atoms with E-state index >= 15 is 0 Å². The molecule has 2 N–H and O–H groups in total. The highest BCUT2D eigenvalue weighted by Gasteiger charge is 2.31. The minimum Gasteiger partial charge on any atom is -0.341 e. The van der Waals surface area contributed by atoms with Gasteiger partial charge in [0.05, 0.1) is 4.90 Å². The average Bonchev–Trinajstić information content (AvgIpc) is 2.87. The Labute approximate surface area is 173 Å². The first-order valence-electron chi connectivity index (χ1n) is 10.5. The Bertz CT molecular complexity index is 861. The Balaban J connectivity index is 1.81. The largest absolute Gasteiger partial charge is 0.341 e. The number of fused-ring (bicyclic) bond motifs is 1. The second kappa shape index (κ2) is 9.26. The molecule has 2 aliphatic rings. The molecule has 0 aliphatic carbocycles. The van der Waals surface area contributed by atoms with Crippen LogP contribution in [-0.2, 0) is 26.0 Å². The Morgan fingerprint density at radius 2 is 1.86 bits per heavy atom. The van der Waals surface area contributed by atoms with Crippen molar-refractivity contribution in [3.63, 3.8) is 0 Å². The van der Waals surface area contributed by atoms with E-state index in [4.69, 9.17) is 0 Å². The molecule has 0 spiro atoms. The summed E-state index contributed by atoms with van der Waals surface area (Å²) >= 11 is 0. The maximum Gasteiger partial charge on any atom is 0.241 e. The van der Waals surface area contributed by atoms with E-state index < -0.39 is 16.1 Å². The van der Waals surface area contributed by atoms with Gasteiger partial charge in [0.1, 0.15) is 6.04 Å². The fourth-order valence-electron chi connectivity index (χ4n) is 3.98. The van der Waals surface area contributed by atoms with Crippen LogP contribution in [0, 0.1) is 5.92 Å². The van der Waals surface area contributed by atoms with Gasteiger partial charge in [-0.1, -0.05) is 13.8 Å². The van der Waals surface area contributed by atoms with Gasteiger partial charge in [0.2, 0.25) is 21.8 Å². The fraction of sp³-hybridized carbons (Fsp3) is 0.619. The number of hydrogen-bond donors (Lipinski definition) is 2. The lowest BCUT2D eigenvalue weighted by Gasteiger charge is -2.31. The number of hydrogen-bond acceptors (Lipinski definition) is 4. The van der Waals surface area contributed by atoms with Crippen molar-refractivity contribution in [2.45, 2.75) is 69.7 Å². The second-order valence-corrected chi connectivity index (χ2v) is 10.1. The van der Waals surface area contributed by atoms with Crippen LogP contribution >= 0.6 is 0 Å². The van der Waals surface area contributed by atoms with E-state index in [0.717, 1.165) is 24.8 Å². The number of piperidine rings is 1. The molecule has 0 saturated carbocycles. The van der Waals surface area contributed by atoms with Crippen LogP contribution in [0.15, 0.2) is 23.1 Å². The number of aryl methyl sites for hydroxylation is 1. The molecule has 0 unspecified atom stereocenters. The number of amides is 2. The van der Waals surface area contributed by atoms with E-state index in [9.17, 15) is 18.0 Å². The SMILES string of the molecule is CC(C)C[C@H](NS(=O)(=O)c1ccc2c(c1)CCCC(=O)N2)C(=O)N1CCCCC1. The molecule has 1 aromatic rings. The van der Waals surface area contributed by atoms with Gasteiger partial charge in [-0.3, -0.25) is 9.59 Å². The number of sulfonamides is 1. The first-order chi connectivity index (χ1) is 13.8. The summed E-state index contributed by atoms with van der Waals surface area (Å²) in [6.45, 7) is 5.34. The van der Waals surface area contributed by atoms with Gasteiger partial charge >= 0.3 is 0 Å². The molecule has 0 radical (unpaired) electrons. The van der Waals surface area contributed by atoms with Crippen molar-refractivity contribution in [3.05, 3.63) is 23.8 Å². The molecule has 0 aromatic heterocycles. The lowest BCUT2D eigenvalue weighted by Crippen LogP contribution is -2.50. The van der Waals surface area contributed by atoms with Crippen LogP contribution in [0.1, 0.15) is 57.9 Å². The first kappa shape index (κ1) is 21.8. The van der Waals surface area contributed by atoms with E-state index in [2.05, 4.69) is 10.0 Å². The molecule has 2 aliphatic heterocycles. The monoisotopic (exact) mass is 421 g/mol. The summed E-state index contributed by atoms with van der Waals surface area (Å²) in [7, 11) is -3.86. The lowest BCUT2D eigenvalue weighted by atomic mass is 10.0. The van der Waals surface area contributed by atoms with Crippen LogP contribution in [0.5, 0.6) is 0 Å². The highest BCUT2D eigenvalue weighted by atomic mass is 32.2. The Kier molecular flexibility index (Phi) is 6.95. The molecule has 1 saturated heterocycles. The summed E-state index contributed by atoms with van der Waals surface area (Å²) < 4.78 is 28.8. The van der Waals surface area contributed by atoms with Gasteiger partial charge in [0, 0.05) is 25.2 Å². The highest BCUT2D eigenvalue weighted by Crippen LogP contribution is 2.25. The third-order valence-electron chi connectivity index (χ3n) is 5.48. The van der Waals surface area contributed by atoms with Gasteiger partial charge in [0.15, 0.2) is 0 Å². The molecule has 8 heteroatoms. The molecule has 1 aromatic carbocycles. The van der Waals surface area contributed by atoms with Crippen LogP contribution in [0.4, 0.5) is 5.69 Å². The van der Waals surface area contributed by atoms with Crippen molar-refractivity contribution in [2.24, 2.45) is 5.92 Å². The Morgan fingerprint density at radius 1 is 1.14 bits per heavy atom. The quantitative estimate of drug-likeness (QED) is 0.738. The average molecular weight is 422 g/mol. The number of anilines is 1. The number of carbonyl (C=O) groups excluding carboxylic acids is 2. The second-order valence-electron chi connectivity index (χ2n) is 8.41. The van der Waals surface area contributed by atoms with Crippen molar-refractivity contribution >= 4 is 27.5 Å². The van der Waals surface area contributed by atoms with Gasteiger partial charge in [-0.15, -0.1) is 0 Å². The van der Waals surface area contributed by atoms with Gasteiger partial charge in [-0.25, -0.2) is 8.42 Å². The molecular formula is C21H31N3O4S. The number of rotatable bonds is 6. The van der Waals surface area contributed by atoms with E-state index in [-0.39, 0.29) is 22.6 Å². The number of nitrogens with one attached hydrogen (secondary N) is 2. The predicted molar refractivity (Wildman–Crippen MR) is 112 cm³/mol. The zero-order valence-corrected chi connectivity index (χ0v) is 18.1. The van der Waals surface area contributed by atoms with Crippen LogP contribution in [0.2, 0.25) is 0 Å². The molecule has 3 rings (SSSR count). The Morgan fingerprint density at radius 3 is 2.55 bits per heavy atom. The van der Waals surface area contributed by atoms with Gasteiger partial charge in [0.25, 0.3) is 0 Å². The number of carbonyl (C=O) groups is 2. The van der Waals surface area contributed by atoms with Crippen molar-refractivity contribution in [3.8, 4) is 0 Å². The summed E-state index contributed by atoms with van der Waals surface area (Å²) in [6.07, 6.45) is 5.23. The minimum atomic E-state index is -3.86. The summed E-state index contributed by atoms with van der Waals surface area (Å²) in [4.78, 5) is 26.6. The standard InChI is InChI=1S/C21H31N3O4S/c1-15(2)13-19(21(26)24-11-4-3-5-12-24)23-29(27,28)17-9-10-18-16(14-17)7-6-8-20(25)22-18/h9-10,14-15,19,23H,3-8,11-13H2,1-2H3,(H,22,25)/t19-/m0/s1. The third-order valence-corrected chi connectivity index (χ3v) is 6.95. The van der Waals surface area contributed by atoms with E-state index in [1.165, 1.54) is 6.07 Å². The zero-order chi connectivity index (χ0) is 21.0. The van der Waals surface area contributed by atoms with Crippen molar-refractivity contribution in [2.75, 3.05) is 18.4 Å². The molecule has 1 fully saturated rings. The van der Waals surface area contributed by atoms with Gasteiger partial charge < -0.3 is 10.2 Å². The molecule has 7 nitrogen and oxygen atoms in total. The summed E-state index contributed by atoms with van der Waals surface area (Å²) in [5.41, 5.74) is 1.47. The van der Waals surface area contributed by atoms with Gasteiger partial charge in [-0.2, -0.15) is 4.72 Å². The Hall–Kier alpha value is -1.93. The summed E-state index contributed by atoms with van der Waals surface area (Å²) in [5, 5.41) is 2.81. The van der Waals surface area contributed by atoms with Crippen molar-refractivity contribution in [1.82, 2.24) is 9.62 Å².